The number of ether oxygens (including phenoxy) is 1. The Morgan fingerprint density at radius 3 is 2.59 bits per heavy atom. The molecular formula is C10H5ClF3NO2. The molecule has 0 atom stereocenters. The number of nitrogens with zero attached hydrogens (tertiary/aromatic N) is 1. The van der Waals surface area contributed by atoms with Crippen molar-refractivity contribution in [1.82, 2.24) is 0 Å². The van der Waals surface area contributed by atoms with Gasteiger partial charge in [-0.2, -0.15) is 5.26 Å². The standard InChI is InChI=1S/C10H5ClF3NO2/c11-4-7(16)9-6(5-15)2-1-3-8(9)17-10(12,13)14/h1-3H,4H2. The van der Waals surface area contributed by atoms with Crippen molar-refractivity contribution in [2.45, 2.75) is 6.36 Å². The van der Waals surface area contributed by atoms with Crippen LogP contribution in [0.1, 0.15) is 15.9 Å². The molecule has 0 bridgehead atoms. The molecule has 1 rings (SSSR count). The molecule has 7 heteroatoms. The molecule has 3 nitrogen and oxygen atoms in total. The number of carbonyl (C=O) groups is 1. The number of carbonyl (C=O) groups excluding carboxylic acids is 1. The van der Waals surface area contributed by atoms with Gasteiger partial charge in [0.15, 0.2) is 5.78 Å². The molecule has 0 N–H and O–H groups in total. The molecule has 0 amide bonds. The SMILES string of the molecule is N#Cc1cccc(OC(F)(F)F)c1C(=O)CCl. The average molecular weight is 264 g/mol. The first-order valence-electron chi connectivity index (χ1n) is 4.27. The second-order valence-electron chi connectivity index (χ2n) is 2.90. The van der Waals surface area contributed by atoms with Crippen LogP contribution in [0.2, 0.25) is 0 Å². The number of Topliss-reactive ketones (excluding diaryl/α,β-unsaturated/α-hetero) is 1. The van der Waals surface area contributed by atoms with Crippen molar-refractivity contribution in [2.24, 2.45) is 0 Å². The van der Waals surface area contributed by atoms with Crippen LogP contribution < -0.4 is 4.74 Å². The monoisotopic (exact) mass is 263 g/mol. The van der Waals surface area contributed by atoms with Crippen LogP contribution in [-0.2, 0) is 0 Å². The van der Waals surface area contributed by atoms with Gasteiger partial charge in [0, 0.05) is 0 Å². The molecule has 0 aliphatic rings. The van der Waals surface area contributed by atoms with E-state index in [0.29, 0.717) is 0 Å². The Bertz CT molecular complexity index is 479. The zero-order valence-corrected chi connectivity index (χ0v) is 8.97. The summed E-state index contributed by atoms with van der Waals surface area (Å²) in [7, 11) is 0. The van der Waals surface area contributed by atoms with Gasteiger partial charge in [-0.3, -0.25) is 4.79 Å². The Labute approximate surface area is 99.4 Å². The van der Waals surface area contributed by atoms with E-state index < -0.39 is 29.3 Å². The highest BCUT2D eigenvalue weighted by molar-refractivity contribution is 6.31. The number of alkyl halides is 4. The maximum Gasteiger partial charge on any atom is 0.573 e. The highest BCUT2D eigenvalue weighted by Gasteiger charge is 2.33. The zero-order chi connectivity index (χ0) is 13.1. The van der Waals surface area contributed by atoms with E-state index in [1.54, 1.807) is 6.07 Å². The first-order chi connectivity index (χ1) is 7.89. The van der Waals surface area contributed by atoms with E-state index in [0.717, 1.165) is 6.07 Å². The van der Waals surface area contributed by atoms with E-state index in [-0.39, 0.29) is 5.56 Å². The van der Waals surface area contributed by atoms with Crippen LogP contribution in [0.15, 0.2) is 18.2 Å². The van der Waals surface area contributed by atoms with Crippen LogP contribution >= 0.6 is 11.6 Å². The molecule has 0 radical (unpaired) electrons. The molecule has 0 aliphatic carbocycles. The Kier molecular flexibility index (Phi) is 3.97. The van der Waals surface area contributed by atoms with E-state index in [1.165, 1.54) is 12.1 Å². The first kappa shape index (κ1) is 13.3. The van der Waals surface area contributed by atoms with E-state index >= 15 is 0 Å². The number of nitriles is 1. The van der Waals surface area contributed by atoms with Gasteiger partial charge in [-0.15, -0.1) is 24.8 Å². The van der Waals surface area contributed by atoms with Gasteiger partial charge in [0.2, 0.25) is 0 Å². The predicted octanol–water partition coefficient (Wildman–Crippen LogP) is 2.88. The molecule has 0 heterocycles. The molecule has 1 aromatic rings. The highest BCUT2D eigenvalue weighted by Crippen LogP contribution is 2.29. The number of halogens is 4. The fourth-order valence-corrected chi connectivity index (χ4v) is 1.32. The fourth-order valence-electron chi connectivity index (χ4n) is 1.19. The third kappa shape index (κ3) is 3.36. The second kappa shape index (κ2) is 5.06. The van der Waals surface area contributed by atoms with Crippen molar-refractivity contribution in [3.05, 3.63) is 29.3 Å². The molecule has 0 aliphatic heterocycles. The minimum Gasteiger partial charge on any atom is -0.405 e. The summed E-state index contributed by atoms with van der Waals surface area (Å²) in [6, 6.07) is 4.96. The highest BCUT2D eigenvalue weighted by atomic mass is 35.5. The van der Waals surface area contributed by atoms with Crippen LogP contribution in [0.25, 0.3) is 0 Å². The third-order valence-corrected chi connectivity index (χ3v) is 2.02. The quantitative estimate of drug-likeness (QED) is 0.622. The van der Waals surface area contributed by atoms with Gasteiger partial charge in [-0.05, 0) is 12.1 Å². The van der Waals surface area contributed by atoms with Crippen molar-refractivity contribution >= 4 is 17.4 Å². The van der Waals surface area contributed by atoms with Gasteiger partial charge in [0.1, 0.15) is 11.8 Å². The van der Waals surface area contributed by atoms with Crippen molar-refractivity contribution < 1.29 is 22.7 Å². The summed E-state index contributed by atoms with van der Waals surface area (Å²) >= 11 is 5.26. The molecular weight excluding hydrogens is 259 g/mol. The smallest absolute Gasteiger partial charge is 0.405 e. The van der Waals surface area contributed by atoms with E-state index in [1.807, 2.05) is 0 Å². The van der Waals surface area contributed by atoms with E-state index in [9.17, 15) is 18.0 Å². The minimum atomic E-state index is -4.94. The number of benzene rings is 1. The fraction of sp³-hybridized carbons (Fsp3) is 0.200. The second-order valence-corrected chi connectivity index (χ2v) is 3.16. The van der Waals surface area contributed by atoms with Crippen LogP contribution in [0.3, 0.4) is 0 Å². The Morgan fingerprint density at radius 2 is 2.12 bits per heavy atom. The summed E-state index contributed by atoms with van der Waals surface area (Å²) in [5.41, 5.74) is -0.667. The lowest BCUT2D eigenvalue weighted by Crippen LogP contribution is -2.19. The molecule has 1 aromatic carbocycles. The molecule has 0 unspecified atom stereocenters. The normalized spacial score (nSPS) is 10.8. The first-order valence-corrected chi connectivity index (χ1v) is 4.80. The summed E-state index contributed by atoms with van der Waals surface area (Å²) < 4.78 is 39.9. The van der Waals surface area contributed by atoms with Crippen LogP contribution in [-0.4, -0.2) is 18.0 Å². The number of hydrogen-bond donors (Lipinski definition) is 0. The minimum absolute atomic E-state index is 0.211. The van der Waals surface area contributed by atoms with Gasteiger partial charge < -0.3 is 4.74 Å². The largest absolute Gasteiger partial charge is 0.573 e. The van der Waals surface area contributed by atoms with E-state index in [4.69, 9.17) is 16.9 Å². The lowest BCUT2D eigenvalue weighted by molar-refractivity contribution is -0.274. The van der Waals surface area contributed by atoms with Crippen molar-refractivity contribution in [3.63, 3.8) is 0 Å². The predicted molar refractivity (Wildman–Crippen MR) is 52.9 cm³/mol. The van der Waals surface area contributed by atoms with Crippen molar-refractivity contribution in [1.29, 1.82) is 5.26 Å². The topological polar surface area (TPSA) is 50.1 Å². The molecule has 0 spiro atoms. The van der Waals surface area contributed by atoms with Gasteiger partial charge in [0.05, 0.1) is 17.0 Å². The Balaban J connectivity index is 3.31. The summed E-state index contributed by atoms with van der Waals surface area (Å²) in [5.74, 6) is -2.06. The van der Waals surface area contributed by atoms with Gasteiger partial charge in [-0.25, -0.2) is 0 Å². The van der Waals surface area contributed by atoms with E-state index in [2.05, 4.69) is 4.74 Å². The van der Waals surface area contributed by atoms with Gasteiger partial charge in [-0.1, -0.05) is 6.07 Å². The van der Waals surface area contributed by atoms with Crippen LogP contribution in [0.5, 0.6) is 5.75 Å². The number of rotatable bonds is 3. The number of hydrogen-bond acceptors (Lipinski definition) is 3. The molecule has 0 saturated heterocycles. The maximum absolute atomic E-state index is 12.1. The van der Waals surface area contributed by atoms with Gasteiger partial charge >= 0.3 is 6.36 Å². The van der Waals surface area contributed by atoms with Crippen molar-refractivity contribution in [2.75, 3.05) is 5.88 Å². The Hall–Kier alpha value is -1.74. The summed E-state index contributed by atoms with van der Waals surface area (Å²) in [5, 5.41) is 8.70. The molecule has 17 heavy (non-hydrogen) atoms. The van der Waals surface area contributed by atoms with Crippen molar-refractivity contribution in [3.8, 4) is 11.8 Å². The van der Waals surface area contributed by atoms with Crippen LogP contribution in [0, 0.1) is 11.3 Å². The Morgan fingerprint density at radius 1 is 1.47 bits per heavy atom. The van der Waals surface area contributed by atoms with Gasteiger partial charge in [0.25, 0.3) is 0 Å². The zero-order valence-electron chi connectivity index (χ0n) is 8.21. The molecule has 0 saturated carbocycles. The molecule has 90 valence electrons. The molecule has 0 aromatic heterocycles. The number of ketones is 1. The third-order valence-electron chi connectivity index (χ3n) is 1.77. The summed E-state index contributed by atoms with van der Waals surface area (Å²) in [4.78, 5) is 11.4. The van der Waals surface area contributed by atoms with Crippen LogP contribution in [0.4, 0.5) is 13.2 Å². The maximum atomic E-state index is 12.1. The lowest BCUT2D eigenvalue weighted by atomic mass is 10.0. The summed E-state index contributed by atoms with van der Waals surface area (Å²) in [6.07, 6.45) is -4.94. The lowest BCUT2D eigenvalue weighted by Gasteiger charge is -2.12. The summed E-state index contributed by atoms with van der Waals surface area (Å²) in [6.45, 7) is 0. The average Bonchev–Trinajstić information content (AvgIpc) is 2.25. The molecule has 0 fully saturated rings.